The van der Waals surface area contributed by atoms with Crippen LogP contribution in [-0.4, -0.2) is 29.3 Å². The molecule has 0 aliphatic carbocycles. The first-order valence-corrected chi connectivity index (χ1v) is 6.84. The molecule has 0 fully saturated rings. The van der Waals surface area contributed by atoms with Gasteiger partial charge in [0.25, 0.3) is 0 Å². The number of halogens is 1. The third-order valence-corrected chi connectivity index (χ3v) is 3.51. The van der Waals surface area contributed by atoms with Crippen LogP contribution in [0.3, 0.4) is 0 Å². The van der Waals surface area contributed by atoms with Crippen molar-refractivity contribution < 1.29 is 0 Å². The van der Waals surface area contributed by atoms with Gasteiger partial charge >= 0.3 is 0 Å². The van der Waals surface area contributed by atoms with E-state index < -0.39 is 0 Å². The van der Waals surface area contributed by atoms with Crippen molar-refractivity contribution in [2.75, 3.05) is 0 Å². The zero-order chi connectivity index (χ0) is 15.1. The van der Waals surface area contributed by atoms with Crippen molar-refractivity contribution in [2.45, 2.75) is 6.54 Å². The average molecular weight is 310 g/mol. The van der Waals surface area contributed by atoms with Gasteiger partial charge in [0.2, 0.25) is 5.28 Å². The van der Waals surface area contributed by atoms with Gasteiger partial charge in [0.1, 0.15) is 6.54 Å². The second-order valence-electron chi connectivity index (χ2n) is 4.63. The van der Waals surface area contributed by atoms with Crippen LogP contribution in [-0.2, 0) is 6.54 Å². The first kappa shape index (κ1) is 12.7. The predicted octanol–water partition coefficient (Wildman–Crippen LogP) is 2.34. The Labute approximate surface area is 129 Å². The van der Waals surface area contributed by atoms with Gasteiger partial charge in [-0.1, -0.05) is 18.2 Å². The molecule has 0 unspecified atom stereocenters. The summed E-state index contributed by atoms with van der Waals surface area (Å²) in [6.45, 7) is 0.142. The van der Waals surface area contributed by atoms with E-state index in [1.807, 2.05) is 24.3 Å². The smallest absolute Gasteiger partial charge is 0.226 e. The molecule has 4 rings (SSSR count). The number of aromatic nitrogens is 6. The van der Waals surface area contributed by atoms with Gasteiger partial charge < -0.3 is 4.57 Å². The van der Waals surface area contributed by atoms with Crippen LogP contribution < -0.4 is 0 Å². The highest BCUT2D eigenvalue weighted by Gasteiger charge is 2.16. The topological polar surface area (TPSA) is 85.2 Å². The number of nitriles is 1. The van der Waals surface area contributed by atoms with Crippen LogP contribution >= 0.6 is 11.6 Å². The molecule has 0 radical (unpaired) electrons. The van der Waals surface area contributed by atoms with Gasteiger partial charge in [0.15, 0.2) is 17.0 Å². The van der Waals surface area contributed by atoms with Crippen LogP contribution in [0.2, 0.25) is 5.28 Å². The molecule has 0 bridgehead atoms. The summed E-state index contributed by atoms with van der Waals surface area (Å²) in [6.07, 6.45) is 3.30. The molecule has 22 heavy (non-hydrogen) atoms. The van der Waals surface area contributed by atoms with Gasteiger partial charge in [-0.15, -0.1) is 0 Å². The van der Waals surface area contributed by atoms with E-state index in [9.17, 15) is 0 Å². The Balaban J connectivity index is 2.05. The average Bonchev–Trinajstić information content (AvgIpc) is 3.12. The highest BCUT2D eigenvalue weighted by molar-refractivity contribution is 6.28. The van der Waals surface area contributed by atoms with Crippen LogP contribution in [0.4, 0.5) is 0 Å². The van der Waals surface area contributed by atoms with Gasteiger partial charge in [0, 0.05) is 5.39 Å². The molecule has 0 aliphatic heterocycles. The zero-order valence-corrected chi connectivity index (χ0v) is 11.9. The minimum atomic E-state index is 0.0850. The molecule has 8 heteroatoms. The summed E-state index contributed by atoms with van der Waals surface area (Å²) in [5.74, 6) is 0.493. The normalized spacial score (nSPS) is 11.1. The van der Waals surface area contributed by atoms with Gasteiger partial charge in [-0.3, -0.25) is 0 Å². The number of fused-ring (bicyclic) bond motifs is 2. The number of rotatable bonds is 2. The number of hydrogen-bond donors (Lipinski definition) is 0. The van der Waals surface area contributed by atoms with Crippen molar-refractivity contribution in [2.24, 2.45) is 0 Å². The maximum Gasteiger partial charge on any atom is 0.226 e. The van der Waals surface area contributed by atoms with Crippen LogP contribution in [0.25, 0.3) is 27.9 Å². The van der Waals surface area contributed by atoms with E-state index in [1.165, 1.54) is 0 Å². The minimum absolute atomic E-state index is 0.0850. The molecule has 3 heterocycles. The van der Waals surface area contributed by atoms with E-state index in [0.29, 0.717) is 17.0 Å². The lowest BCUT2D eigenvalue weighted by Gasteiger charge is -2.04. The van der Waals surface area contributed by atoms with E-state index in [0.717, 1.165) is 10.9 Å². The molecule has 4 aromatic rings. The lowest BCUT2D eigenvalue weighted by Crippen LogP contribution is -2.03. The Morgan fingerprint density at radius 1 is 1.23 bits per heavy atom. The van der Waals surface area contributed by atoms with Gasteiger partial charge in [-0.05, 0) is 17.7 Å². The Kier molecular flexibility index (Phi) is 2.77. The summed E-state index contributed by atoms with van der Waals surface area (Å²) < 4.78 is 3.30. The molecular formula is C14H8ClN7. The van der Waals surface area contributed by atoms with Crippen LogP contribution in [0.15, 0.2) is 36.8 Å². The molecule has 0 spiro atoms. The highest BCUT2D eigenvalue weighted by atomic mass is 35.5. The molecular weight excluding hydrogens is 302 g/mol. The summed E-state index contributed by atoms with van der Waals surface area (Å²) in [5, 5.41) is 14.3. The molecule has 7 nitrogen and oxygen atoms in total. The third kappa shape index (κ3) is 1.82. The molecule has 0 N–H and O–H groups in total. The number of imidazole rings is 1. The van der Waals surface area contributed by atoms with E-state index in [-0.39, 0.29) is 11.8 Å². The van der Waals surface area contributed by atoms with Crippen molar-refractivity contribution in [1.29, 1.82) is 5.26 Å². The second-order valence-corrected chi connectivity index (χ2v) is 4.97. The second kappa shape index (κ2) is 4.79. The number of hydrogen-bond acceptors (Lipinski definition) is 5. The first-order valence-electron chi connectivity index (χ1n) is 6.46. The lowest BCUT2D eigenvalue weighted by atomic mass is 10.2. The van der Waals surface area contributed by atoms with Gasteiger partial charge in [0.05, 0.1) is 24.1 Å². The monoisotopic (exact) mass is 309 g/mol. The maximum atomic E-state index is 8.87. The quantitative estimate of drug-likeness (QED) is 0.530. The van der Waals surface area contributed by atoms with Crippen molar-refractivity contribution in [3.05, 3.63) is 42.1 Å². The number of para-hydroxylation sites is 1. The fourth-order valence-electron chi connectivity index (χ4n) is 2.38. The van der Waals surface area contributed by atoms with Crippen molar-refractivity contribution in [3.63, 3.8) is 0 Å². The molecule has 0 atom stereocenters. The molecule has 0 aliphatic rings. The first-order chi connectivity index (χ1) is 10.8. The van der Waals surface area contributed by atoms with Crippen LogP contribution in [0.5, 0.6) is 0 Å². The van der Waals surface area contributed by atoms with Gasteiger partial charge in [-0.25, -0.2) is 9.67 Å². The van der Waals surface area contributed by atoms with E-state index in [4.69, 9.17) is 16.9 Å². The number of benzene rings is 1. The molecule has 0 saturated carbocycles. The Morgan fingerprint density at radius 2 is 2.09 bits per heavy atom. The fraction of sp³-hybridized carbons (Fsp3) is 0.0714. The SMILES string of the molecule is N#CCn1cnc2c(-n3ncc4ccccc43)nc(Cl)nc21. The van der Waals surface area contributed by atoms with Crippen LogP contribution in [0.1, 0.15) is 0 Å². The highest BCUT2D eigenvalue weighted by Crippen LogP contribution is 2.23. The van der Waals surface area contributed by atoms with E-state index in [2.05, 4.69) is 26.1 Å². The van der Waals surface area contributed by atoms with E-state index >= 15 is 0 Å². The molecule has 106 valence electrons. The molecule has 1 aromatic carbocycles. The standard InChI is InChI=1S/C14H8ClN7/c15-14-19-12-11(17-8-21(12)6-5-16)13(20-14)22-10-4-2-1-3-9(10)7-18-22/h1-4,7-8H,6H2. The van der Waals surface area contributed by atoms with Crippen molar-refractivity contribution in [1.82, 2.24) is 29.3 Å². The molecule has 3 aromatic heterocycles. The number of nitrogens with zero attached hydrogens (tertiary/aromatic N) is 7. The summed E-state index contributed by atoms with van der Waals surface area (Å²) in [5.41, 5.74) is 1.96. The minimum Gasteiger partial charge on any atom is -0.301 e. The summed E-state index contributed by atoms with van der Waals surface area (Å²) >= 11 is 6.03. The largest absolute Gasteiger partial charge is 0.301 e. The summed E-state index contributed by atoms with van der Waals surface area (Å²) in [4.78, 5) is 12.7. The fourth-order valence-corrected chi connectivity index (χ4v) is 2.54. The molecule has 0 saturated heterocycles. The van der Waals surface area contributed by atoms with Crippen LogP contribution in [0, 0.1) is 11.3 Å². The Hall–Kier alpha value is -2.98. The van der Waals surface area contributed by atoms with Crippen molar-refractivity contribution >= 4 is 33.7 Å². The summed E-state index contributed by atoms with van der Waals surface area (Å²) in [6, 6.07) is 9.84. The van der Waals surface area contributed by atoms with Crippen molar-refractivity contribution in [3.8, 4) is 11.9 Å². The molecule has 0 amide bonds. The predicted molar refractivity (Wildman–Crippen MR) is 80.6 cm³/mol. The Bertz CT molecular complexity index is 1040. The lowest BCUT2D eigenvalue weighted by molar-refractivity contribution is 0.842. The Morgan fingerprint density at radius 3 is 2.95 bits per heavy atom. The van der Waals surface area contributed by atoms with E-state index in [1.54, 1.807) is 21.8 Å². The third-order valence-electron chi connectivity index (χ3n) is 3.34. The maximum absolute atomic E-state index is 8.87. The van der Waals surface area contributed by atoms with Gasteiger partial charge in [-0.2, -0.15) is 20.3 Å². The zero-order valence-electron chi connectivity index (χ0n) is 11.2. The summed E-state index contributed by atoms with van der Waals surface area (Å²) in [7, 11) is 0.